The van der Waals surface area contributed by atoms with Gasteiger partial charge in [-0.2, -0.15) is 11.3 Å². The van der Waals surface area contributed by atoms with Gasteiger partial charge in [-0.15, -0.1) is 0 Å². The minimum atomic E-state index is -1.06. The van der Waals surface area contributed by atoms with Crippen LogP contribution in [0.15, 0.2) is 16.8 Å². The highest BCUT2D eigenvalue weighted by Gasteiger charge is 2.34. The lowest BCUT2D eigenvalue weighted by Crippen LogP contribution is -2.53. The van der Waals surface area contributed by atoms with Gasteiger partial charge in [0.25, 0.3) is 0 Å². The van der Waals surface area contributed by atoms with Crippen molar-refractivity contribution in [1.29, 1.82) is 0 Å². The Balaban J connectivity index is 2.72. The fourth-order valence-electron chi connectivity index (χ4n) is 1.54. The van der Waals surface area contributed by atoms with Crippen LogP contribution in [0.4, 0.5) is 0 Å². The number of carboxylic acids is 1. The van der Waals surface area contributed by atoms with Crippen LogP contribution in [0, 0.1) is 0 Å². The number of thiophene rings is 1. The predicted molar refractivity (Wildman–Crippen MR) is 63.8 cm³/mol. The zero-order valence-electron chi connectivity index (χ0n) is 9.69. The second-order valence-electron chi connectivity index (χ2n) is 3.99. The summed E-state index contributed by atoms with van der Waals surface area (Å²) in [5.74, 6) is -0.906. The number of carbonyl (C=O) groups is 1. The van der Waals surface area contributed by atoms with Gasteiger partial charge in [0, 0.05) is 13.2 Å². The summed E-state index contributed by atoms with van der Waals surface area (Å²) in [6, 6.07) is 1.97. The van der Waals surface area contributed by atoms with Crippen LogP contribution in [0.2, 0.25) is 0 Å². The Kier molecular flexibility index (Phi) is 4.46. The van der Waals surface area contributed by atoms with E-state index in [2.05, 4.69) is 5.32 Å². The Bertz CT molecular complexity index is 339. The molecule has 0 spiro atoms. The van der Waals surface area contributed by atoms with Gasteiger partial charge in [-0.25, -0.2) is 0 Å². The third-order valence-electron chi connectivity index (χ3n) is 2.48. The van der Waals surface area contributed by atoms with Crippen LogP contribution < -0.4 is 5.32 Å². The molecule has 0 saturated carbocycles. The first-order valence-corrected chi connectivity index (χ1v) is 5.96. The number of nitrogens with one attached hydrogen (secondary N) is 1. The van der Waals surface area contributed by atoms with Gasteiger partial charge >= 0.3 is 5.97 Å². The maximum Gasteiger partial charge on any atom is 0.326 e. The van der Waals surface area contributed by atoms with Gasteiger partial charge in [0.2, 0.25) is 0 Å². The molecule has 5 heteroatoms. The van der Waals surface area contributed by atoms with Crippen LogP contribution in [0.5, 0.6) is 0 Å². The largest absolute Gasteiger partial charge is 0.480 e. The minimum absolute atomic E-state index is 0.0116. The fraction of sp³-hybridized carbons (Fsp3) is 0.545. The van der Waals surface area contributed by atoms with E-state index in [-0.39, 0.29) is 12.6 Å². The van der Waals surface area contributed by atoms with E-state index in [1.165, 1.54) is 7.11 Å². The van der Waals surface area contributed by atoms with E-state index in [9.17, 15) is 9.90 Å². The van der Waals surface area contributed by atoms with Crippen molar-refractivity contribution in [1.82, 2.24) is 5.32 Å². The van der Waals surface area contributed by atoms with Crippen molar-refractivity contribution >= 4 is 17.3 Å². The summed E-state index contributed by atoms with van der Waals surface area (Å²) >= 11 is 1.60. The summed E-state index contributed by atoms with van der Waals surface area (Å²) in [6.45, 7) is 3.71. The number of hydrogen-bond donors (Lipinski definition) is 2. The molecule has 0 bridgehead atoms. The predicted octanol–water partition coefficient (Wildman–Crippen LogP) is 1.89. The standard InChI is InChI=1S/C11H17NO3S/c1-8(9-4-5-16-6-9)12-11(2,7-15-3)10(13)14/h4-6,8,12H,7H2,1-3H3,(H,13,14). The summed E-state index contributed by atoms with van der Waals surface area (Å²) < 4.78 is 4.95. The molecule has 0 aliphatic rings. The molecule has 1 heterocycles. The lowest BCUT2D eigenvalue weighted by Gasteiger charge is -2.29. The Morgan fingerprint density at radius 2 is 2.44 bits per heavy atom. The molecule has 0 amide bonds. The molecule has 1 aromatic rings. The first-order chi connectivity index (χ1) is 7.49. The van der Waals surface area contributed by atoms with Crippen LogP contribution in [0.25, 0.3) is 0 Å². The van der Waals surface area contributed by atoms with E-state index in [1.54, 1.807) is 18.3 Å². The number of hydrogen-bond acceptors (Lipinski definition) is 4. The molecule has 0 radical (unpaired) electrons. The van der Waals surface area contributed by atoms with Gasteiger partial charge < -0.3 is 9.84 Å². The number of ether oxygens (including phenoxy) is 1. The average Bonchev–Trinajstić information content (AvgIpc) is 2.70. The van der Waals surface area contributed by atoms with Gasteiger partial charge in [-0.3, -0.25) is 10.1 Å². The van der Waals surface area contributed by atoms with E-state index in [0.29, 0.717) is 0 Å². The smallest absolute Gasteiger partial charge is 0.326 e. The molecule has 16 heavy (non-hydrogen) atoms. The molecular formula is C11H17NO3S. The highest BCUT2D eigenvalue weighted by molar-refractivity contribution is 7.07. The van der Waals surface area contributed by atoms with Gasteiger partial charge in [0.15, 0.2) is 0 Å². The first-order valence-electron chi connectivity index (χ1n) is 5.01. The molecule has 0 saturated heterocycles. The van der Waals surface area contributed by atoms with Gasteiger partial charge in [0.1, 0.15) is 5.54 Å². The van der Waals surface area contributed by atoms with Crippen molar-refractivity contribution in [3.8, 4) is 0 Å². The maximum atomic E-state index is 11.2. The lowest BCUT2D eigenvalue weighted by molar-refractivity contribution is -0.146. The number of aliphatic carboxylic acids is 1. The molecule has 1 rings (SSSR count). The first kappa shape index (κ1) is 13.2. The third-order valence-corrected chi connectivity index (χ3v) is 3.18. The van der Waals surface area contributed by atoms with Crippen LogP contribution in [-0.2, 0) is 9.53 Å². The van der Waals surface area contributed by atoms with E-state index in [1.807, 2.05) is 23.8 Å². The Labute approximate surface area is 99.2 Å². The molecule has 2 N–H and O–H groups in total. The molecule has 2 atom stereocenters. The monoisotopic (exact) mass is 243 g/mol. The molecule has 0 aliphatic heterocycles. The second-order valence-corrected chi connectivity index (χ2v) is 4.77. The van der Waals surface area contributed by atoms with E-state index >= 15 is 0 Å². The Morgan fingerprint density at radius 3 is 2.88 bits per heavy atom. The molecular weight excluding hydrogens is 226 g/mol. The Morgan fingerprint density at radius 1 is 1.75 bits per heavy atom. The summed E-state index contributed by atoms with van der Waals surface area (Å²) in [4.78, 5) is 11.2. The SMILES string of the molecule is COCC(C)(NC(C)c1ccsc1)C(=O)O. The average molecular weight is 243 g/mol. The fourth-order valence-corrected chi connectivity index (χ4v) is 2.29. The van der Waals surface area contributed by atoms with Crippen LogP contribution in [-0.4, -0.2) is 30.3 Å². The highest BCUT2D eigenvalue weighted by atomic mass is 32.1. The molecule has 0 aromatic carbocycles. The highest BCUT2D eigenvalue weighted by Crippen LogP contribution is 2.19. The van der Waals surface area contributed by atoms with E-state index in [0.717, 1.165) is 5.56 Å². The number of methoxy groups -OCH3 is 1. The molecule has 1 aromatic heterocycles. The lowest BCUT2D eigenvalue weighted by atomic mass is 10.0. The summed E-state index contributed by atoms with van der Waals surface area (Å²) in [6.07, 6.45) is 0. The normalized spacial score (nSPS) is 16.7. The quantitative estimate of drug-likeness (QED) is 0.801. The number of rotatable bonds is 6. The zero-order chi connectivity index (χ0) is 12.2. The van der Waals surface area contributed by atoms with Crippen molar-refractivity contribution in [2.75, 3.05) is 13.7 Å². The van der Waals surface area contributed by atoms with E-state index < -0.39 is 11.5 Å². The minimum Gasteiger partial charge on any atom is -0.480 e. The van der Waals surface area contributed by atoms with Gasteiger partial charge in [-0.1, -0.05) is 0 Å². The van der Waals surface area contributed by atoms with Crippen molar-refractivity contribution in [2.45, 2.75) is 25.4 Å². The Hall–Kier alpha value is -0.910. The van der Waals surface area contributed by atoms with Gasteiger partial charge in [0.05, 0.1) is 6.61 Å². The van der Waals surface area contributed by atoms with Crippen molar-refractivity contribution in [3.63, 3.8) is 0 Å². The maximum absolute atomic E-state index is 11.2. The molecule has 4 nitrogen and oxygen atoms in total. The van der Waals surface area contributed by atoms with Crippen molar-refractivity contribution in [3.05, 3.63) is 22.4 Å². The van der Waals surface area contributed by atoms with Crippen LogP contribution >= 0.6 is 11.3 Å². The second kappa shape index (κ2) is 5.43. The van der Waals surface area contributed by atoms with Crippen LogP contribution in [0.1, 0.15) is 25.5 Å². The molecule has 2 unspecified atom stereocenters. The molecule has 0 fully saturated rings. The third kappa shape index (κ3) is 3.04. The topological polar surface area (TPSA) is 58.6 Å². The number of carboxylic acid groups (broad SMARTS) is 1. The van der Waals surface area contributed by atoms with Gasteiger partial charge in [-0.05, 0) is 36.2 Å². The van der Waals surface area contributed by atoms with Crippen LogP contribution in [0.3, 0.4) is 0 Å². The van der Waals surface area contributed by atoms with Crippen molar-refractivity contribution in [2.24, 2.45) is 0 Å². The summed E-state index contributed by atoms with van der Waals surface area (Å²) in [5.41, 5.74) is 0.0319. The van der Waals surface area contributed by atoms with E-state index in [4.69, 9.17) is 4.74 Å². The summed E-state index contributed by atoms with van der Waals surface area (Å²) in [5, 5.41) is 16.2. The molecule has 90 valence electrons. The summed E-state index contributed by atoms with van der Waals surface area (Å²) in [7, 11) is 1.50. The zero-order valence-corrected chi connectivity index (χ0v) is 10.5. The van der Waals surface area contributed by atoms with Crippen molar-refractivity contribution < 1.29 is 14.6 Å². The molecule has 0 aliphatic carbocycles.